The minimum absolute atomic E-state index is 0.0969. The van der Waals surface area contributed by atoms with Crippen LogP contribution in [0.4, 0.5) is 10.3 Å². The van der Waals surface area contributed by atoms with E-state index in [4.69, 9.17) is 4.74 Å². The number of hydrogen-bond acceptors (Lipinski definition) is 6. The van der Waals surface area contributed by atoms with Gasteiger partial charge in [-0.05, 0) is 38.3 Å². The van der Waals surface area contributed by atoms with Crippen molar-refractivity contribution in [2.75, 3.05) is 19.0 Å². The lowest BCUT2D eigenvalue weighted by Crippen LogP contribution is -2.59. The van der Waals surface area contributed by atoms with Crippen LogP contribution in [0.1, 0.15) is 32.6 Å². The number of H-pyrrole nitrogens is 1. The van der Waals surface area contributed by atoms with Crippen LogP contribution < -0.4 is 10.1 Å². The SMILES string of the molecule is COc1nc(NC2CC(C)(N3CCCC3=O)C2)nc2[nH]cc(-c3ccc4ncc(F)n4c3)c12. The molecule has 5 heterocycles. The highest BCUT2D eigenvalue weighted by Gasteiger charge is 2.48. The fourth-order valence-electron chi connectivity index (χ4n) is 5.28. The average molecular weight is 449 g/mol. The van der Waals surface area contributed by atoms with E-state index < -0.39 is 5.95 Å². The Labute approximate surface area is 189 Å². The highest BCUT2D eigenvalue weighted by molar-refractivity contribution is 5.97. The summed E-state index contributed by atoms with van der Waals surface area (Å²) in [5.41, 5.74) is 2.67. The number of halogens is 1. The molecule has 0 aromatic carbocycles. The maximum absolute atomic E-state index is 14.0. The molecule has 0 bridgehead atoms. The number of likely N-dealkylation sites (tertiary alicyclic amines) is 1. The van der Waals surface area contributed by atoms with Gasteiger partial charge in [0.1, 0.15) is 11.3 Å². The van der Waals surface area contributed by atoms with E-state index in [1.807, 2.05) is 17.2 Å². The van der Waals surface area contributed by atoms with Gasteiger partial charge in [-0.3, -0.25) is 9.20 Å². The van der Waals surface area contributed by atoms with Crippen LogP contribution in [0.15, 0.2) is 30.7 Å². The Balaban J connectivity index is 1.28. The fourth-order valence-corrected chi connectivity index (χ4v) is 5.28. The minimum Gasteiger partial charge on any atom is -0.480 e. The highest BCUT2D eigenvalue weighted by Crippen LogP contribution is 2.41. The predicted octanol–water partition coefficient (Wildman–Crippen LogP) is 3.38. The maximum atomic E-state index is 14.0. The Morgan fingerprint density at radius 1 is 1.30 bits per heavy atom. The first kappa shape index (κ1) is 20.0. The molecule has 2 fully saturated rings. The second-order valence-corrected chi connectivity index (χ2v) is 9.10. The van der Waals surface area contributed by atoms with E-state index in [0.717, 1.165) is 42.3 Å². The Kier molecular flexibility index (Phi) is 4.33. The number of ether oxygens (including phenoxy) is 1. The van der Waals surface area contributed by atoms with Crippen LogP contribution >= 0.6 is 0 Å². The topological polar surface area (TPSA) is 100 Å². The van der Waals surface area contributed by atoms with Crippen molar-refractivity contribution in [1.29, 1.82) is 0 Å². The summed E-state index contributed by atoms with van der Waals surface area (Å²) in [7, 11) is 1.57. The van der Waals surface area contributed by atoms with Crippen LogP contribution in [-0.2, 0) is 4.79 Å². The number of nitrogens with one attached hydrogen (secondary N) is 2. The third kappa shape index (κ3) is 3.12. The van der Waals surface area contributed by atoms with E-state index in [9.17, 15) is 9.18 Å². The van der Waals surface area contributed by atoms with Crippen molar-refractivity contribution in [1.82, 2.24) is 29.2 Å². The second kappa shape index (κ2) is 7.16. The number of nitrogens with zero attached hydrogens (tertiary/aromatic N) is 5. The number of imidazole rings is 1. The normalized spacial score (nSPS) is 22.8. The van der Waals surface area contributed by atoms with Gasteiger partial charge < -0.3 is 19.9 Å². The number of pyridine rings is 1. The molecule has 33 heavy (non-hydrogen) atoms. The minimum atomic E-state index is -0.426. The van der Waals surface area contributed by atoms with Gasteiger partial charge in [-0.15, -0.1) is 0 Å². The molecule has 2 N–H and O–H groups in total. The van der Waals surface area contributed by atoms with Gasteiger partial charge in [-0.25, -0.2) is 4.98 Å². The molecule has 6 rings (SSSR count). The number of carbonyl (C=O) groups is 1. The van der Waals surface area contributed by atoms with Crippen molar-refractivity contribution in [2.45, 2.75) is 44.2 Å². The van der Waals surface area contributed by atoms with Crippen LogP contribution in [0.25, 0.3) is 27.8 Å². The molecule has 1 saturated carbocycles. The highest BCUT2D eigenvalue weighted by atomic mass is 19.1. The number of carbonyl (C=O) groups excluding carboxylic acids is 1. The van der Waals surface area contributed by atoms with Crippen LogP contribution in [0.5, 0.6) is 5.88 Å². The molecule has 2 aliphatic rings. The molecule has 0 spiro atoms. The molecule has 10 heteroatoms. The Hall–Kier alpha value is -3.69. The zero-order valence-electron chi connectivity index (χ0n) is 18.4. The first-order chi connectivity index (χ1) is 15.9. The Morgan fingerprint density at radius 2 is 2.15 bits per heavy atom. The lowest BCUT2D eigenvalue weighted by Gasteiger charge is -2.51. The molecule has 9 nitrogen and oxygen atoms in total. The van der Waals surface area contributed by atoms with Gasteiger partial charge in [-0.2, -0.15) is 14.4 Å². The van der Waals surface area contributed by atoms with Crippen molar-refractivity contribution in [2.24, 2.45) is 0 Å². The molecule has 1 aliphatic heterocycles. The quantitative estimate of drug-likeness (QED) is 0.485. The van der Waals surface area contributed by atoms with Gasteiger partial charge in [0.15, 0.2) is 0 Å². The van der Waals surface area contributed by atoms with Crippen LogP contribution in [0.3, 0.4) is 0 Å². The smallest absolute Gasteiger partial charge is 0.228 e. The van der Waals surface area contributed by atoms with E-state index in [1.165, 1.54) is 10.6 Å². The van der Waals surface area contributed by atoms with Crippen molar-refractivity contribution in [3.8, 4) is 17.0 Å². The van der Waals surface area contributed by atoms with Crippen LogP contribution in [0.2, 0.25) is 0 Å². The summed E-state index contributed by atoms with van der Waals surface area (Å²) in [6, 6.07) is 3.83. The predicted molar refractivity (Wildman–Crippen MR) is 121 cm³/mol. The first-order valence-electron chi connectivity index (χ1n) is 11.1. The number of methoxy groups -OCH3 is 1. The fraction of sp³-hybridized carbons (Fsp3) is 0.391. The molecule has 4 aromatic heterocycles. The summed E-state index contributed by atoms with van der Waals surface area (Å²) >= 11 is 0. The van der Waals surface area contributed by atoms with Crippen LogP contribution in [-0.4, -0.2) is 60.4 Å². The van der Waals surface area contributed by atoms with E-state index >= 15 is 0 Å². The molecule has 170 valence electrons. The van der Waals surface area contributed by atoms with E-state index in [0.29, 0.717) is 29.5 Å². The standard InChI is InChI=1S/C23H24FN7O2/c1-23(31-7-3-4-18(31)32)8-14(9-23)27-22-28-20-19(21(29-22)33-2)15(10-26-20)13-5-6-17-25-11-16(24)30(17)12-13/h5-6,10-12,14H,3-4,7-9H2,1-2H3,(H2,26,27,28,29). The van der Waals surface area contributed by atoms with Gasteiger partial charge in [0.2, 0.25) is 23.7 Å². The Morgan fingerprint density at radius 3 is 2.91 bits per heavy atom. The van der Waals surface area contributed by atoms with Crippen molar-refractivity contribution < 1.29 is 13.9 Å². The zero-order valence-corrected chi connectivity index (χ0v) is 18.4. The molecule has 0 radical (unpaired) electrons. The van der Waals surface area contributed by atoms with Crippen molar-refractivity contribution in [3.63, 3.8) is 0 Å². The molecule has 1 aliphatic carbocycles. The second-order valence-electron chi connectivity index (χ2n) is 9.10. The number of amides is 1. The van der Waals surface area contributed by atoms with Crippen LogP contribution in [0, 0.1) is 5.95 Å². The molecule has 4 aromatic rings. The summed E-state index contributed by atoms with van der Waals surface area (Å²) in [5.74, 6) is 0.734. The third-order valence-electron chi connectivity index (χ3n) is 6.89. The van der Waals surface area contributed by atoms with E-state index in [2.05, 4.69) is 32.2 Å². The average Bonchev–Trinajstić information content (AvgIpc) is 3.50. The maximum Gasteiger partial charge on any atom is 0.228 e. The van der Waals surface area contributed by atoms with Crippen molar-refractivity contribution in [3.05, 3.63) is 36.7 Å². The number of aromatic amines is 1. The van der Waals surface area contributed by atoms with Gasteiger partial charge in [-0.1, -0.05) is 0 Å². The number of anilines is 1. The zero-order chi connectivity index (χ0) is 22.7. The number of aromatic nitrogens is 5. The van der Waals surface area contributed by atoms with Gasteiger partial charge in [0.25, 0.3) is 0 Å². The number of fused-ring (bicyclic) bond motifs is 2. The monoisotopic (exact) mass is 449 g/mol. The molecule has 0 unspecified atom stereocenters. The molecule has 1 saturated heterocycles. The van der Waals surface area contributed by atoms with E-state index in [1.54, 1.807) is 19.4 Å². The molecule has 1 amide bonds. The summed E-state index contributed by atoms with van der Waals surface area (Å²) in [6.45, 7) is 2.99. The van der Waals surface area contributed by atoms with Gasteiger partial charge in [0, 0.05) is 48.1 Å². The summed E-state index contributed by atoms with van der Waals surface area (Å²) in [4.78, 5) is 30.6. The Bertz CT molecular complexity index is 1390. The van der Waals surface area contributed by atoms with Crippen molar-refractivity contribution >= 4 is 28.5 Å². The summed E-state index contributed by atoms with van der Waals surface area (Å²) in [5, 5.41) is 4.12. The molecular formula is C23H24FN7O2. The lowest BCUT2D eigenvalue weighted by molar-refractivity contribution is -0.136. The number of rotatable bonds is 5. The van der Waals surface area contributed by atoms with E-state index in [-0.39, 0.29) is 17.5 Å². The largest absolute Gasteiger partial charge is 0.480 e. The molecule has 0 atom stereocenters. The summed E-state index contributed by atoms with van der Waals surface area (Å²) in [6.07, 6.45) is 8.02. The third-order valence-corrected chi connectivity index (χ3v) is 6.89. The molecular weight excluding hydrogens is 425 g/mol. The first-order valence-corrected chi connectivity index (χ1v) is 11.1. The van der Waals surface area contributed by atoms with Gasteiger partial charge >= 0.3 is 0 Å². The number of hydrogen-bond donors (Lipinski definition) is 2. The lowest BCUT2D eigenvalue weighted by atomic mass is 9.73. The van der Waals surface area contributed by atoms with Gasteiger partial charge in [0.05, 0.1) is 18.7 Å². The summed E-state index contributed by atoms with van der Waals surface area (Å²) < 4.78 is 21.0.